The molecule has 0 spiro atoms. The third kappa shape index (κ3) is 5.52. The normalized spacial score (nSPS) is 15.0. The van der Waals surface area contributed by atoms with E-state index in [0.29, 0.717) is 40.2 Å². The molecule has 0 unspecified atom stereocenters. The lowest BCUT2D eigenvalue weighted by molar-refractivity contribution is -0.129. The number of anilines is 3. The van der Waals surface area contributed by atoms with Crippen molar-refractivity contribution in [1.29, 1.82) is 0 Å². The topological polar surface area (TPSA) is 112 Å². The standard InChI is InChI=1S/C27H27FN6O3S/c1-16-3-8-21(35)17(2)25(16)31-26(37)22-14-29-27(38-22)30-23-10-12-34(32-23)20-9-11-33(15-20)24(36)13-18-4-6-19(28)7-5-18/h3-8,10,12,14,20,35H,9,11,13,15H2,1-2H3,(H,31,37)(H,29,30,32)/t20-/m1/s1. The fourth-order valence-electron chi connectivity index (χ4n) is 4.43. The number of rotatable bonds is 7. The summed E-state index contributed by atoms with van der Waals surface area (Å²) in [6.45, 7) is 4.80. The molecular weight excluding hydrogens is 507 g/mol. The number of nitrogens with one attached hydrogen (secondary N) is 2. The van der Waals surface area contributed by atoms with E-state index in [4.69, 9.17) is 0 Å². The Hall–Kier alpha value is -4.25. The average Bonchev–Trinajstić information content (AvgIpc) is 3.67. The van der Waals surface area contributed by atoms with Gasteiger partial charge < -0.3 is 20.6 Å². The highest BCUT2D eigenvalue weighted by molar-refractivity contribution is 7.17. The van der Waals surface area contributed by atoms with Gasteiger partial charge in [0.05, 0.1) is 24.3 Å². The highest BCUT2D eigenvalue weighted by Crippen LogP contribution is 2.30. The fourth-order valence-corrected chi connectivity index (χ4v) is 5.15. The van der Waals surface area contributed by atoms with E-state index < -0.39 is 0 Å². The van der Waals surface area contributed by atoms with Crippen molar-refractivity contribution in [3.63, 3.8) is 0 Å². The van der Waals surface area contributed by atoms with Gasteiger partial charge in [-0.15, -0.1) is 0 Å². The number of hydrogen-bond donors (Lipinski definition) is 3. The summed E-state index contributed by atoms with van der Waals surface area (Å²) in [7, 11) is 0. The first-order valence-corrected chi connectivity index (χ1v) is 13.0. The Morgan fingerprint density at radius 1 is 1.16 bits per heavy atom. The molecule has 2 amide bonds. The monoisotopic (exact) mass is 534 g/mol. The molecule has 196 valence electrons. The number of carbonyl (C=O) groups is 2. The molecule has 1 saturated heterocycles. The van der Waals surface area contributed by atoms with E-state index >= 15 is 0 Å². The molecule has 9 nitrogen and oxygen atoms in total. The summed E-state index contributed by atoms with van der Waals surface area (Å²) in [5.74, 6) is 0.0858. The summed E-state index contributed by atoms with van der Waals surface area (Å²) < 4.78 is 15.0. The summed E-state index contributed by atoms with van der Waals surface area (Å²) in [5, 5.41) is 21.1. The number of aromatic hydroxyl groups is 1. The maximum absolute atomic E-state index is 13.1. The maximum Gasteiger partial charge on any atom is 0.267 e. The predicted molar refractivity (Wildman–Crippen MR) is 143 cm³/mol. The van der Waals surface area contributed by atoms with Crippen molar-refractivity contribution in [3.8, 4) is 5.75 Å². The van der Waals surface area contributed by atoms with E-state index in [9.17, 15) is 19.1 Å². The second kappa shape index (κ2) is 10.6. The Morgan fingerprint density at radius 3 is 2.74 bits per heavy atom. The predicted octanol–water partition coefficient (Wildman–Crippen LogP) is 4.81. The van der Waals surface area contributed by atoms with Gasteiger partial charge in [0, 0.05) is 30.9 Å². The first-order valence-electron chi connectivity index (χ1n) is 12.2. The quantitative estimate of drug-likeness (QED) is 0.314. The molecule has 4 aromatic rings. The van der Waals surface area contributed by atoms with Gasteiger partial charge in [-0.3, -0.25) is 14.3 Å². The van der Waals surface area contributed by atoms with Crippen molar-refractivity contribution in [2.45, 2.75) is 32.7 Å². The van der Waals surface area contributed by atoms with Gasteiger partial charge in [0.2, 0.25) is 5.91 Å². The van der Waals surface area contributed by atoms with E-state index in [1.165, 1.54) is 29.7 Å². The number of phenolic OH excluding ortho intramolecular Hbond substituents is 1. The molecule has 11 heteroatoms. The third-order valence-corrected chi connectivity index (χ3v) is 7.53. The van der Waals surface area contributed by atoms with Crippen LogP contribution in [-0.2, 0) is 11.2 Å². The number of halogens is 1. The van der Waals surface area contributed by atoms with Crippen LogP contribution in [0.25, 0.3) is 0 Å². The van der Waals surface area contributed by atoms with E-state index in [2.05, 4.69) is 20.7 Å². The van der Waals surface area contributed by atoms with Crippen molar-refractivity contribution in [3.05, 3.63) is 82.2 Å². The van der Waals surface area contributed by atoms with Gasteiger partial charge in [0.1, 0.15) is 16.4 Å². The molecule has 1 aliphatic heterocycles. The Balaban J connectivity index is 1.17. The lowest BCUT2D eigenvalue weighted by atomic mass is 10.1. The van der Waals surface area contributed by atoms with Crippen LogP contribution < -0.4 is 10.6 Å². The van der Waals surface area contributed by atoms with Crippen LogP contribution in [0.15, 0.2) is 54.9 Å². The number of benzene rings is 2. The number of carbonyl (C=O) groups excluding carboxylic acids is 2. The SMILES string of the molecule is Cc1ccc(O)c(C)c1NC(=O)c1cnc(Nc2ccn([C@@H]3CCN(C(=O)Cc4ccc(F)cc4)C3)n2)s1. The van der Waals surface area contributed by atoms with Gasteiger partial charge in [-0.25, -0.2) is 9.37 Å². The van der Waals surface area contributed by atoms with Crippen molar-refractivity contribution >= 4 is 39.8 Å². The van der Waals surface area contributed by atoms with Crippen LogP contribution in [0.5, 0.6) is 5.75 Å². The van der Waals surface area contributed by atoms with Gasteiger partial charge in [0.25, 0.3) is 5.91 Å². The zero-order chi connectivity index (χ0) is 26.8. The first-order chi connectivity index (χ1) is 18.3. The number of aryl methyl sites for hydroxylation is 1. The van der Waals surface area contributed by atoms with Gasteiger partial charge in [0.15, 0.2) is 10.9 Å². The number of nitrogens with zero attached hydrogens (tertiary/aromatic N) is 4. The minimum Gasteiger partial charge on any atom is -0.508 e. The molecule has 0 saturated carbocycles. The van der Waals surface area contributed by atoms with Crippen molar-refractivity contribution < 1.29 is 19.1 Å². The summed E-state index contributed by atoms with van der Waals surface area (Å²) in [4.78, 5) is 32.0. The molecule has 3 heterocycles. The maximum atomic E-state index is 13.1. The molecule has 0 bridgehead atoms. The zero-order valence-corrected chi connectivity index (χ0v) is 21.8. The van der Waals surface area contributed by atoms with Crippen LogP contribution in [0.4, 0.5) is 21.0 Å². The van der Waals surface area contributed by atoms with E-state index in [0.717, 1.165) is 17.5 Å². The van der Waals surface area contributed by atoms with Crippen LogP contribution >= 0.6 is 11.3 Å². The van der Waals surface area contributed by atoms with E-state index in [1.807, 2.05) is 28.8 Å². The highest BCUT2D eigenvalue weighted by atomic mass is 32.1. The van der Waals surface area contributed by atoms with Crippen molar-refractivity contribution in [2.75, 3.05) is 23.7 Å². The van der Waals surface area contributed by atoms with Crippen molar-refractivity contribution in [2.24, 2.45) is 0 Å². The minimum absolute atomic E-state index is 0.00862. The Bertz CT molecular complexity index is 1480. The summed E-state index contributed by atoms with van der Waals surface area (Å²) in [6.07, 6.45) is 4.37. The second-order valence-electron chi connectivity index (χ2n) is 9.28. The van der Waals surface area contributed by atoms with Gasteiger partial charge in [-0.2, -0.15) is 5.10 Å². The number of hydrogen-bond acceptors (Lipinski definition) is 7. The summed E-state index contributed by atoms with van der Waals surface area (Å²) in [6, 6.07) is 11.2. The van der Waals surface area contributed by atoms with Gasteiger partial charge >= 0.3 is 0 Å². The molecule has 0 radical (unpaired) electrons. The molecule has 2 aromatic carbocycles. The molecule has 0 aliphatic carbocycles. The average molecular weight is 535 g/mol. The molecule has 2 aromatic heterocycles. The molecular formula is C27H27FN6O3S. The van der Waals surface area contributed by atoms with Crippen LogP contribution in [-0.4, -0.2) is 49.7 Å². The molecule has 3 N–H and O–H groups in total. The number of phenols is 1. The largest absolute Gasteiger partial charge is 0.508 e. The lowest BCUT2D eigenvalue weighted by Gasteiger charge is -2.16. The number of amides is 2. The Morgan fingerprint density at radius 2 is 1.95 bits per heavy atom. The molecule has 1 aliphatic rings. The van der Waals surface area contributed by atoms with E-state index in [1.54, 1.807) is 31.2 Å². The molecule has 1 fully saturated rings. The smallest absolute Gasteiger partial charge is 0.267 e. The number of aromatic nitrogens is 3. The van der Waals surface area contributed by atoms with Gasteiger partial charge in [-0.05, 0) is 49.6 Å². The van der Waals surface area contributed by atoms with Crippen LogP contribution in [0, 0.1) is 19.7 Å². The third-order valence-electron chi connectivity index (χ3n) is 6.61. The molecule has 5 rings (SSSR count). The Kier molecular flexibility index (Phi) is 7.10. The minimum atomic E-state index is -0.318. The lowest BCUT2D eigenvalue weighted by Crippen LogP contribution is -2.30. The number of likely N-dealkylation sites (tertiary alicyclic amines) is 1. The molecule has 1 atom stereocenters. The van der Waals surface area contributed by atoms with Crippen LogP contribution in [0.3, 0.4) is 0 Å². The Labute approximate surface area is 222 Å². The van der Waals surface area contributed by atoms with Crippen LogP contribution in [0.2, 0.25) is 0 Å². The molecule has 38 heavy (non-hydrogen) atoms. The summed E-state index contributed by atoms with van der Waals surface area (Å²) in [5.41, 5.74) is 2.83. The zero-order valence-electron chi connectivity index (χ0n) is 20.9. The highest BCUT2D eigenvalue weighted by Gasteiger charge is 2.28. The van der Waals surface area contributed by atoms with Gasteiger partial charge in [-0.1, -0.05) is 29.5 Å². The second-order valence-corrected chi connectivity index (χ2v) is 10.3. The van der Waals surface area contributed by atoms with Crippen LogP contribution in [0.1, 0.15) is 38.8 Å². The van der Waals surface area contributed by atoms with E-state index in [-0.39, 0.29) is 35.8 Å². The van der Waals surface area contributed by atoms with Crippen molar-refractivity contribution in [1.82, 2.24) is 19.7 Å². The number of thiazole rings is 1. The fraction of sp³-hybridized carbons (Fsp3) is 0.259. The summed E-state index contributed by atoms with van der Waals surface area (Å²) >= 11 is 1.20. The first kappa shape index (κ1) is 25.4.